The molecule has 15 heteroatoms. The van der Waals surface area contributed by atoms with Crippen LogP contribution in [0.5, 0.6) is 0 Å². The van der Waals surface area contributed by atoms with Gasteiger partial charge in [-0.05, 0) is 59.0 Å². The Morgan fingerprint density at radius 1 is 0.443 bits per heavy atom. The van der Waals surface area contributed by atoms with Crippen LogP contribution in [0.3, 0.4) is 0 Å². The van der Waals surface area contributed by atoms with Crippen molar-refractivity contribution in [2.24, 2.45) is 60.9 Å². The molecule has 0 aromatic heterocycles. The maximum Gasteiger partial charge on any atom is 0.181 e. The summed E-state index contributed by atoms with van der Waals surface area (Å²) >= 11 is 5.92. The molecule has 6 aromatic rings. The number of hydrogen-bond donors (Lipinski definition) is 1. The Hall–Kier alpha value is -7.42. The molecule has 0 spiro atoms. The highest BCUT2D eigenvalue weighted by atomic mass is 35.5. The van der Waals surface area contributed by atoms with Gasteiger partial charge in [0.05, 0.1) is 17.2 Å². The van der Waals surface area contributed by atoms with Gasteiger partial charge in [-0.2, -0.15) is 20.5 Å². The van der Waals surface area contributed by atoms with E-state index < -0.39 is 0 Å². The predicted molar refractivity (Wildman–Crippen MR) is 237 cm³/mol. The molecule has 0 atom stereocenters. The van der Waals surface area contributed by atoms with Crippen LogP contribution >= 0.6 is 11.6 Å². The van der Waals surface area contributed by atoms with Gasteiger partial charge in [-0.3, -0.25) is 0 Å². The topological polar surface area (TPSA) is 169 Å². The van der Waals surface area contributed by atoms with Gasteiger partial charge in [0.15, 0.2) is 50.0 Å². The van der Waals surface area contributed by atoms with Gasteiger partial charge >= 0.3 is 0 Å². The fraction of sp³-hybridized carbons (Fsp3) is 0.130. The molecule has 4 aliphatic rings. The number of amidine groups is 4. The lowest BCUT2D eigenvalue weighted by Crippen LogP contribution is -1.97. The quantitative estimate of drug-likeness (QED) is 0.166. The van der Waals surface area contributed by atoms with E-state index in [4.69, 9.17) is 16.7 Å². The number of benzene rings is 6. The van der Waals surface area contributed by atoms with Crippen molar-refractivity contribution in [1.29, 1.82) is 0 Å². The van der Waals surface area contributed by atoms with Crippen LogP contribution in [0.2, 0.25) is 5.02 Å². The molecule has 0 bridgehead atoms. The van der Waals surface area contributed by atoms with Crippen LogP contribution in [0.25, 0.3) is 22.3 Å². The Bertz CT molecular complexity index is 2650. The molecule has 0 unspecified atom stereocenters. The van der Waals surface area contributed by atoms with Crippen molar-refractivity contribution in [2.45, 2.75) is 13.5 Å². The Morgan fingerprint density at radius 2 is 0.803 bits per heavy atom. The van der Waals surface area contributed by atoms with E-state index in [1.807, 2.05) is 91.0 Å². The highest BCUT2D eigenvalue weighted by Crippen LogP contribution is 2.27. The highest BCUT2D eigenvalue weighted by Gasteiger charge is 2.14. The number of aryl methyl sites for hydroxylation is 1. The van der Waals surface area contributed by atoms with Gasteiger partial charge in [0.25, 0.3) is 0 Å². The van der Waals surface area contributed by atoms with Crippen molar-refractivity contribution in [1.82, 2.24) is 0 Å². The SMILES string of the molecule is Cc1ccc(-c2ccccc2C2=NCN=N2)cc1.Clc1ccccc1C1=NCN=N1.Fc1ccccc1C1=NCN=N1.OCc1ccc(-c2ccccc2C2=NCN=N2)cc1. The highest BCUT2D eigenvalue weighted by molar-refractivity contribution is 6.34. The monoisotopic (exact) mass is 828 g/mol. The zero-order valence-corrected chi connectivity index (χ0v) is 33.7. The Morgan fingerprint density at radius 3 is 1.21 bits per heavy atom. The molecule has 0 radical (unpaired) electrons. The average Bonchev–Trinajstić information content (AvgIpc) is 4.18. The number of aliphatic hydroxyl groups is 1. The maximum absolute atomic E-state index is 13.1. The van der Waals surface area contributed by atoms with Crippen LogP contribution in [0, 0.1) is 12.7 Å². The molecule has 1 N–H and O–H groups in total. The number of halogens is 2. The fourth-order valence-corrected chi connectivity index (χ4v) is 6.36. The molecule has 302 valence electrons. The Labute approximate surface area is 356 Å². The Kier molecular flexibility index (Phi) is 14.4. The lowest BCUT2D eigenvalue weighted by atomic mass is 9.98. The second-order valence-corrected chi connectivity index (χ2v) is 13.6. The van der Waals surface area contributed by atoms with Crippen molar-refractivity contribution in [3.8, 4) is 22.3 Å². The molecule has 0 amide bonds. The van der Waals surface area contributed by atoms with Gasteiger partial charge in [-0.1, -0.05) is 138 Å². The summed E-state index contributed by atoms with van der Waals surface area (Å²) in [5.41, 5.74) is 9.94. The third-order valence-corrected chi connectivity index (χ3v) is 9.50. The summed E-state index contributed by atoms with van der Waals surface area (Å²) in [7, 11) is 0. The van der Waals surface area contributed by atoms with Gasteiger partial charge in [0.2, 0.25) is 0 Å². The molecule has 10 rings (SSSR count). The Balaban J connectivity index is 0.000000125. The van der Waals surface area contributed by atoms with Crippen LogP contribution in [0.4, 0.5) is 4.39 Å². The standard InChI is InChI=1S/C15H13N3O.C15H13N3.C8H6ClN3.C8H6FN3/c19-9-11-5-7-12(8-6-11)13-3-1-2-4-14(13)15-16-10-17-18-15;1-11-6-8-12(9-7-11)13-4-2-3-5-14(13)15-16-10-17-18-15;2*9-7-4-2-1-3-6(7)8-10-5-11-12-8/h1-8,19H,9-10H2;2-9H,10H2,1H3;2*1-4H,5H2. The van der Waals surface area contributed by atoms with Crippen LogP contribution < -0.4 is 0 Å². The van der Waals surface area contributed by atoms with E-state index >= 15 is 0 Å². The second kappa shape index (κ2) is 21.0. The van der Waals surface area contributed by atoms with Crippen LogP contribution in [0.15, 0.2) is 206 Å². The summed E-state index contributed by atoms with van der Waals surface area (Å²) in [6, 6.07) is 46.3. The summed E-state index contributed by atoms with van der Waals surface area (Å²) in [5, 5.41) is 40.6. The normalized spacial score (nSPS) is 14.2. The van der Waals surface area contributed by atoms with Crippen molar-refractivity contribution in [3.63, 3.8) is 0 Å². The first-order valence-corrected chi connectivity index (χ1v) is 19.5. The number of nitrogens with zero attached hydrogens (tertiary/aromatic N) is 12. The summed E-state index contributed by atoms with van der Waals surface area (Å²) in [4.78, 5) is 16.5. The van der Waals surface area contributed by atoms with Gasteiger partial charge in [-0.15, -0.1) is 20.5 Å². The molecule has 4 aliphatic heterocycles. The maximum atomic E-state index is 13.1. The zero-order valence-electron chi connectivity index (χ0n) is 33.0. The molecule has 0 fully saturated rings. The third-order valence-electron chi connectivity index (χ3n) is 9.17. The molecular formula is C46H38ClFN12O. The molecule has 6 aromatic carbocycles. The lowest BCUT2D eigenvalue weighted by molar-refractivity contribution is 0.282. The van der Waals surface area contributed by atoms with E-state index in [9.17, 15) is 4.39 Å². The molecule has 4 heterocycles. The first-order chi connectivity index (χ1) is 30.0. The largest absolute Gasteiger partial charge is 0.392 e. The van der Waals surface area contributed by atoms with E-state index in [0.717, 1.165) is 44.8 Å². The van der Waals surface area contributed by atoms with Crippen molar-refractivity contribution in [3.05, 3.63) is 190 Å². The molecule has 61 heavy (non-hydrogen) atoms. The van der Waals surface area contributed by atoms with Crippen molar-refractivity contribution < 1.29 is 9.50 Å². The third kappa shape index (κ3) is 11.0. The van der Waals surface area contributed by atoms with E-state index in [1.54, 1.807) is 18.2 Å². The van der Waals surface area contributed by atoms with Gasteiger partial charge in [-0.25, -0.2) is 24.4 Å². The lowest BCUT2D eigenvalue weighted by Gasteiger charge is -2.08. The number of rotatable bonds is 7. The van der Waals surface area contributed by atoms with Crippen molar-refractivity contribution in [2.75, 3.05) is 26.7 Å². The fourth-order valence-electron chi connectivity index (χ4n) is 6.14. The summed E-state index contributed by atoms with van der Waals surface area (Å²) in [6.07, 6.45) is 0. The molecular weight excluding hydrogens is 791 g/mol. The minimum atomic E-state index is -0.308. The van der Waals surface area contributed by atoms with E-state index in [0.29, 0.717) is 54.8 Å². The minimum Gasteiger partial charge on any atom is -0.392 e. The van der Waals surface area contributed by atoms with E-state index in [2.05, 4.69) is 98.1 Å². The number of hydrogen-bond acceptors (Lipinski definition) is 13. The van der Waals surface area contributed by atoms with E-state index in [-0.39, 0.29) is 12.4 Å². The zero-order chi connectivity index (χ0) is 42.2. The number of aliphatic hydroxyl groups excluding tert-OH is 1. The molecule has 0 saturated carbocycles. The average molecular weight is 829 g/mol. The van der Waals surface area contributed by atoms with Gasteiger partial charge in [0.1, 0.15) is 5.82 Å². The molecule has 13 nitrogen and oxygen atoms in total. The van der Waals surface area contributed by atoms with Crippen molar-refractivity contribution >= 4 is 34.9 Å². The first kappa shape index (κ1) is 41.7. The number of azo groups is 4. The molecule has 0 saturated heterocycles. The van der Waals surface area contributed by atoms with Crippen LogP contribution in [-0.2, 0) is 6.61 Å². The number of aliphatic imine (C=N–C) groups is 4. The van der Waals surface area contributed by atoms with Crippen LogP contribution in [-0.4, -0.2) is 55.1 Å². The van der Waals surface area contributed by atoms with Crippen LogP contribution in [0.1, 0.15) is 33.4 Å². The first-order valence-electron chi connectivity index (χ1n) is 19.1. The smallest absolute Gasteiger partial charge is 0.181 e. The van der Waals surface area contributed by atoms with Gasteiger partial charge < -0.3 is 5.11 Å². The summed E-state index contributed by atoms with van der Waals surface area (Å²) in [6.45, 7) is 3.72. The summed E-state index contributed by atoms with van der Waals surface area (Å²) in [5.74, 6) is 2.11. The second-order valence-electron chi connectivity index (χ2n) is 13.2. The minimum absolute atomic E-state index is 0.0584. The summed E-state index contributed by atoms with van der Waals surface area (Å²) < 4.78 is 13.1. The molecule has 0 aliphatic carbocycles. The van der Waals surface area contributed by atoms with Gasteiger partial charge in [0, 0.05) is 16.7 Å². The predicted octanol–water partition coefficient (Wildman–Crippen LogP) is 11.4. The van der Waals surface area contributed by atoms with E-state index in [1.165, 1.54) is 17.2 Å².